The molecule has 1 aromatic carbocycles. The van der Waals surface area contributed by atoms with Crippen LogP contribution in [0.2, 0.25) is 0 Å². The highest BCUT2D eigenvalue weighted by Gasteiger charge is 2.22. The lowest BCUT2D eigenvalue weighted by Gasteiger charge is -2.19. The van der Waals surface area contributed by atoms with Crippen LogP contribution < -0.4 is 9.64 Å². The predicted molar refractivity (Wildman–Crippen MR) is 84.7 cm³/mol. The van der Waals surface area contributed by atoms with Crippen LogP contribution in [-0.2, 0) is 0 Å². The van der Waals surface area contributed by atoms with Crippen molar-refractivity contribution in [1.29, 1.82) is 0 Å². The van der Waals surface area contributed by atoms with Crippen molar-refractivity contribution in [2.24, 2.45) is 0 Å². The van der Waals surface area contributed by atoms with Gasteiger partial charge in [0.1, 0.15) is 17.3 Å². The van der Waals surface area contributed by atoms with Gasteiger partial charge in [0.25, 0.3) is 0 Å². The Kier molecular flexibility index (Phi) is 4.41. The summed E-state index contributed by atoms with van der Waals surface area (Å²) in [5, 5.41) is 0. The predicted octanol–water partition coefficient (Wildman–Crippen LogP) is 3.73. The Bertz CT molecular complexity index is 692. The van der Waals surface area contributed by atoms with E-state index in [1.807, 2.05) is 6.92 Å². The third-order valence-electron chi connectivity index (χ3n) is 3.82. The minimum atomic E-state index is -0.579. The second-order valence-corrected chi connectivity index (χ2v) is 5.59. The van der Waals surface area contributed by atoms with Gasteiger partial charge in [-0.05, 0) is 38.8 Å². The van der Waals surface area contributed by atoms with Crippen LogP contribution >= 0.6 is 0 Å². The van der Waals surface area contributed by atoms with E-state index in [0.29, 0.717) is 36.8 Å². The fourth-order valence-electron chi connectivity index (χ4n) is 2.83. The van der Waals surface area contributed by atoms with Crippen LogP contribution in [0, 0.1) is 18.6 Å². The van der Waals surface area contributed by atoms with Crippen molar-refractivity contribution in [3.05, 3.63) is 35.5 Å². The van der Waals surface area contributed by atoms with Crippen LogP contribution in [0.3, 0.4) is 0 Å². The molecule has 6 heteroatoms. The molecule has 1 aromatic heterocycles. The topological polar surface area (TPSA) is 38.2 Å². The Labute approximate surface area is 134 Å². The largest absolute Gasteiger partial charge is 0.478 e. The monoisotopic (exact) mass is 319 g/mol. The summed E-state index contributed by atoms with van der Waals surface area (Å²) in [7, 11) is 0. The van der Waals surface area contributed by atoms with Gasteiger partial charge in [-0.15, -0.1) is 0 Å². The molecule has 1 saturated heterocycles. The van der Waals surface area contributed by atoms with Crippen molar-refractivity contribution in [2.75, 3.05) is 24.6 Å². The normalized spacial score (nSPS) is 14.3. The molecule has 4 nitrogen and oxygen atoms in total. The first-order valence-corrected chi connectivity index (χ1v) is 7.81. The molecule has 23 heavy (non-hydrogen) atoms. The molecule has 1 aliphatic rings. The van der Waals surface area contributed by atoms with Crippen LogP contribution in [-0.4, -0.2) is 29.7 Å². The molecule has 0 N–H and O–H groups in total. The van der Waals surface area contributed by atoms with Gasteiger partial charge in [-0.25, -0.2) is 13.8 Å². The molecule has 0 spiro atoms. The van der Waals surface area contributed by atoms with E-state index >= 15 is 0 Å². The number of nitrogens with zero attached hydrogens (tertiary/aromatic N) is 3. The third kappa shape index (κ3) is 3.25. The van der Waals surface area contributed by atoms with Crippen LogP contribution in [0.5, 0.6) is 5.88 Å². The van der Waals surface area contributed by atoms with Gasteiger partial charge in [0, 0.05) is 30.4 Å². The maximum absolute atomic E-state index is 14.4. The van der Waals surface area contributed by atoms with Crippen LogP contribution in [0.4, 0.5) is 14.5 Å². The zero-order chi connectivity index (χ0) is 16.4. The molecule has 0 aliphatic carbocycles. The number of aromatic nitrogens is 2. The van der Waals surface area contributed by atoms with Gasteiger partial charge in [0.05, 0.1) is 6.61 Å². The van der Waals surface area contributed by atoms with E-state index in [1.165, 1.54) is 12.1 Å². The summed E-state index contributed by atoms with van der Waals surface area (Å²) in [5.74, 6) is -0.492. The van der Waals surface area contributed by atoms with Gasteiger partial charge in [0.15, 0.2) is 5.82 Å². The number of hydrogen-bond acceptors (Lipinski definition) is 4. The zero-order valence-electron chi connectivity index (χ0n) is 13.3. The minimum Gasteiger partial charge on any atom is -0.478 e. The fraction of sp³-hybridized carbons (Fsp3) is 0.412. The van der Waals surface area contributed by atoms with E-state index in [0.717, 1.165) is 12.8 Å². The van der Waals surface area contributed by atoms with Crippen molar-refractivity contribution in [3.63, 3.8) is 0 Å². The third-order valence-corrected chi connectivity index (χ3v) is 3.82. The number of hydrogen-bond donors (Lipinski definition) is 0. The Morgan fingerprint density at radius 1 is 1.09 bits per heavy atom. The molecule has 1 fully saturated rings. The maximum atomic E-state index is 14.4. The Morgan fingerprint density at radius 3 is 2.35 bits per heavy atom. The molecule has 3 rings (SSSR count). The lowest BCUT2D eigenvalue weighted by atomic mass is 10.1. The number of aryl methyl sites for hydroxylation is 1. The average molecular weight is 319 g/mol. The molecule has 0 saturated carbocycles. The molecule has 2 aromatic rings. The van der Waals surface area contributed by atoms with E-state index in [9.17, 15) is 8.78 Å². The fourth-order valence-corrected chi connectivity index (χ4v) is 2.83. The number of ether oxygens (including phenoxy) is 1. The van der Waals surface area contributed by atoms with Gasteiger partial charge in [-0.2, -0.15) is 4.98 Å². The highest BCUT2D eigenvalue weighted by atomic mass is 19.1. The summed E-state index contributed by atoms with van der Waals surface area (Å²) in [6.45, 7) is 5.47. The first kappa shape index (κ1) is 15.6. The second-order valence-electron chi connectivity index (χ2n) is 5.59. The maximum Gasteiger partial charge on any atom is 0.217 e. The highest BCUT2D eigenvalue weighted by molar-refractivity contribution is 5.62. The van der Waals surface area contributed by atoms with Crippen LogP contribution in [0.25, 0.3) is 11.4 Å². The van der Waals surface area contributed by atoms with E-state index in [4.69, 9.17) is 4.74 Å². The molecule has 122 valence electrons. The first-order chi connectivity index (χ1) is 11.1. The summed E-state index contributed by atoms with van der Waals surface area (Å²) in [6, 6.07) is 4.28. The quantitative estimate of drug-likeness (QED) is 0.861. The van der Waals surface area contributed by atoms with Gasteiger partial charge in [-0.1, -0.05) is 0 Å². The summed E-state index contributed by atoms with van der Waals surface area (Å²) >= 11 is 0. The van der Waals surface area contributed by atoms with Gasteiger partial charge in [0.2, 0.25) is 5.88 Å². The Morgan fingerprint density at radius 2 is 1.74 bits per heavy atom. The Hall–Kier alpha value is -2.24. The summed E-state index contributed by atoms with van der Waals surface area (Å²) < 4.78 is 34.2. The molecule has 0 unspecified atom stereocenters. The van der Waals surface area contributed by atoms with Crippen LogP contribution in [0.15, 0.2) is 18.2 Å². The van der Waals surface area contributed by atoms with Gasteiger partial charge < -0.3 is 9.64 Å². The van der Waals surface area contributed by atoms with Crippen molar-refractivity contribution in [2.45, 2.75) is 26.7 Å². The molecule has 0 radical (unpaired) electrons. The highest BCUT2D eigenvalue weighted by Crippen LogP contribution is 2.31. The molecule has 2 heterocycles. The molecule has 0 bridgehead atoms. The lowest BCUT2D eigenvalue weighted by Crippen LogP contribution is -2.20. The Balaban J connectivity index is 2.01. The van der Waals surface area contributed by atoms with Crippen molar-refractivity contribution in [3.8, 4) is 17.3 Å². The molecular weight excluding hydrogens is 300 g/mol. The van der Waals surface area contributed by atoms with Crippen molar-refractivity contribution < 1.29 is 13.5 Å². The smallest absolute Gasteiger partial charge is 0.217 e. The summed E-state index contributed by atoms with van der Waals surface area (Å²) in [4.78, 5) is 10.2. The number of benzene rings is 1. The standard InChI is InChI=1S/C17H19F2N3O/c1-3-23-15-8-11(2)20-17(21-15)12-9-13(18)16(14(19)10-12)22-6-4-5-7-22/h8-10H,3-7H2,1-2H3. The van der Waals surface area contributed by atoms with Crippen molar-refractivity contribution in [1.82, 2.24) is 9.97 Å². The summed E-state index contributed by atoms with van der Waals surface area (Å²) in [6.07, 6.45) is 1.92. The zero-order valence-corrected chi connectivity index (χ0v) is 13.3. The minimum absolute atomic E-state index is 0.0453. The van der Waals surface area contributed by atoms with Gasteiger partial charge >= 0.3 is 0 Å². The number of anilines is 1. The molecule has 0 atom stereocenters. The molecule has 0 amide bonds. The van der Waals surface area contributed by atoms with E-state index < -0.39 is 11.6 Å². The average Bonchev–Trinajstić information content (AvgIpc) is 3.00. The molecule has 1 aliphatic heterocycles. The SMILES string of the molecule is CCOc1cc(C)nc(-c2cc(F)c(N3CCCC3)c(F)c2)n1. The molecular formula is C17H19F2N3O. The van der Waals surface area contributed by atoms with E-state index in [1.54, 1.807) is 17.9 Å². The summed E-state index contributed by atoms with van der Waals surface area (Å²) in [5.41, 5.74) is 1.04. The number of rotatable bonds is 4. The second kappa shape index (κ2) is 6.48. The van der Waals surface area contributed by atoms with Crippen molar-refractivity contribution >= 4 is 5.69 Å². The first-order valence-electron chi connectivity index (χ1n) is 7.81. The van der Waals surface area contributed by atoms with E-state index in [2.05, 4.69) is 9.97 Å². The van der Waals surface area contributed by atoms with Gasteiger partial charge in [-0.3, -0.25) is 0 Å². The lowest BCUT2D eigenvalue weighted by molar-refractivity contribution is 0.326. The van der Waals surface area contributed by atoms with Crippen LogP contribution in [0.1, 0.15) is 25.5 Å². The van der Waals surface area contributed by atoms with E-state index in [-0.39, 0.29) is 11.5 Å². The number of halogens is 2.